The van der Waals surface area contributed by atoms with Gasteiger partial charge in [0.1, 0.15) is 5.75 Å². The highest BCUT2D eigenvalue weighted by Gasteiger charge is 2.26. The fraction of sp³-hybridized carbons (Fsp3) is 0.571. The van der Waals surface area contributed by atoms with Crippen molar-refractivity contribution in [3.8, 4) is 5.75 Å². The van der Waals surface area contributed by atoms with Crippen LogP contribution in [0.4, 0.5) is 0 Å². The molecule has 0 aromatic carbocycles. The zero-order chi connectivity index (χ0) is 14.5. The Morgan fingerprint density at radius 2 is 2.21 bits per heavy atom. The van der Waals surface area contributed by atoms with E-state index in [1.165, 1.54) is 13.3 Å². The van der Waals surface area contributed by atoms with E-state index in [9.17, 15) is 4.79 Å². The highest BCUT2D eigenvalue weighted by atomic mass is 35.5. The van der Waals surface area contributed by atoms with Crippen molar-refractivity contribution < 1.29 is 9.53 Å². The fourth-order valence-corrected chi connectivity index (χ4v) is 2.02. The summed E-state index contributed by atoms with van der Waals surface area (Å²) in [6.07, 6.45) is 3.83. The maximum atomic E-state index is 12.3. The highest BCUT2D eigenvalue weighted by Crippen LogP contribution is 2.23. The number of nitrogens with zero attached hydrogens (tertiary/aromatic N) is 1. The van der Waals surface area contributed by atoms with Gasteiger partial charge in [-0.3, -0.25) is 9.78 Å². The van der Waals surface area contributed by atoms with Crippen molar-refractivity contribution in [3.63, 3.8) is 0 Å². The topological polar surface area (TPSA) is 51.2 Å². The van der Waals surface area contributed by atoms with E-state index in [-0.39, 0.29) is 17.4 Å². The predicted octanol–water partition coefficient (Wildman–Crippen LogP) is 2.86. The van der Waals surface area contributed by atoms with Crippen LogP contribution < -0.4 is 10.1 Å². The van der Waals surface area contributed by atoms with Crippen LogP contribution in [0.25, 0.3) is 0 Å². The summed E-state index contributed by atoms with van der Waals surface area (Å²) in [5, 5.41) is 3.02. The number of methoxy groups -OCH3 is 1. The number of rotatable bonds is 5. The van der Waals surface area contributed by atoms with E-state index in [2.05, 4.69) is 31.1 Å². The molecule has 106 valence electrons. The molecule has 1 aromatic heterocycles. The number of carbonyl (C=O) groups is 1. The van der Waals surface area contributed by atoms with Crippen molar-refractivity contribution in [1.29, 1.82) is 0 Å². The van der Waals surface area contributed by atoms with Crippen LogP contribution in [0, 0.1) is 5.41 Å². The van der Waals surface area contributed by atoms with E-state index in [1.54, 1.807) is 12.3 Å². The van der Waals surface area contributed by atoms with Crippen molar-refractivity contribution in [1.82, 2.24) is 10.3 Å². The first-order valence-electron chi connectivity index (χ1n) is 6.25. The van der Waals surface area contributed by atoms with E-state index in [4.69, 9.17) is 16.3 Å². The minimum absolute atomic E-state index is 0.00960. The van der Waals surface area contributed by atoms with Crippen LogP contribution in [0.3, 0.4) is 0 Å². The molecule has 0 radical (unpaired) electrons. The average molecular weight is 285 g/mol. The molecule has 19 heavy (non-hydrogen) atoms. The second kappa shape index (κ2) is 6.75. The standard InChI is InChI=1S/C14H21ClN2O2/c1-14(2,3)12(5-7-15)17-13(18)10-6-8-16-9-11(10)19-4/h6,8-9,12H,5,7H2,1-4H3,(H,17,18). The minimum Gasteiger partial charge on any atom is -0.494 e. The first-order valence-corrected chi connectivity index (χ1v) is 6.78. The highest BCUT2D eigenvalue weighted by molar-refractivity contribution is 6.17. The summed E-state index contributed by atoms with van der Waals surface area (Å²) in [6.45, 7) is 6.23. The van der Waals surface area contributed by atoms with Crippen LogP contribution >= 0.6 is 11.6 Å². The Kier molecular flexibility index (Phi) is 5.60. The molecule has 5 heteroatoms. The van der Waals surface area contributed by atoms with Crippen molar-refractivity contribution in [2.45, 2.75) is 33.2 Å². The summed E-state index contributed by atoms with van der Waals surface area (Å²) in [5.41, 5.74) is 0.437. The van der Waals surface area contributed by atoms with Gasteiger partial charge in [-0.1, -0.05) is 20.8 Å². The van der Waals surface area contributed by atoms with Crippen LogP contribution in [0.15, 0.2) is 18.5 Å². The number of halogens is 1. The van der Waals surface area contributed by atoms with Crippen LogP contribution in [0.5, 0.6) is 5.75 Å². The SMILES string of the molecule is COc1cnccc1C(=O)NC(CCCl)C(C)(C)C. The predicted molar refractivity (Wildman–Crippen MR) is 76.8 cm³/mol. The molecule has 0 aliphatic carbocycles. The molecular formula is C14H21ClN2O2. The third-order valence-electron chi connectivity index (χ3n) is 3.00. The Bertz CT molecular complexity index is 430. The minimum atomic E-state index is -0.163. The van der Waals surface area contributed by atoms with Crippen LogP contribution in [0.2, 0.25) is 0 Å². The molecule has 1 N–H and O–H groups in total. The third kappa shape index (κ3) is 4.39. The molecule has 0 aliphatic heterocycles. The monoisotopic (exact) mass is 284 g/mol. The molecule has 4 nitrogen and oxygen atoms in total. The molecule has 1 aromatic rings. The van der Waals surface area contributed by atoms with Crippen molar-refractivity contribution >= 4 is 17.5 Å². The Morgan fingerprint density at radius 1 is 1.53 bits per heavy atom. The molecule has 1 amide bonds. The number of aromatic nitrogens is 1. The third-order valence-corrected chi connectivity index (χ3v) is 3.22. The Morgan fingerprint density at radius 3 is 2.74 bits per heavy atom. The smallest absolute Gasteiger partial charge is 0.255 e. The molecule has 0 spiro atoms. The first kappa shape index (κ1) is 15.8. The number of amides is 1. The molecule has 0 saturated carbocycles. The van der Waals surface area contributed by atoms with Gasteiger partial charge in [-0.15, -0.1) is 11.6 Å². The summed E-state index contributed by atoms with van der Waals surface area (Å²) in [5.74, 6) is 0.818. The number of pyridine rings is 1. The summed E-state index contributed by atoms with van der Waals surface area (Å²) >= 11 is 5.80. The molecule has 1 rings (SSSR count). The largest absolute Gasteiger partial charge is 0.494 e. The number of hydrogen-bond acceptors (Lipinski definition) is 3. The Hall–Kier alpha value is -1.29. The molecule has 0 aliphatic rings. The molecular weight excluding hydrogens is 264 g/mol. The Balaban J connectivity index is 2.88. The van der Waals surface area contributed by atoms with Gasteiger partial charge in [0.2, 0.25) is 0 Å². The summed E-state index contributed by atoms with van der Waals surface area (Å²) in [7, 11) is 1.52. The van der Waals surface area contributed by atoms with E-state index >= 15 is 0 Å². The molecule has 0 bridgehead atoms. The second-order valence-corrected chi connectivity index (χ2v) is 5.82. The van der Waals surface area contributed by atoms with Gasteiger partial charge in [0.15, 0.2) is 0 Å². The van der Waals surface area contributed by atoms with E-state index in [1.807, 2.05) is 0 Å². The summed E-state index contributed by atoms with van der Waals surface area (Å²) in [4.78, 5) is 16.2. The summed E-state index contributed by atoms with van der Waals surface area (Å²) in [6, 6.07) is 1.66. The van der Waals surface area contributed by atoms with Gasteiger partial charge in [0.25, 0.3) is 5.91 Å². The maximum Gasteiger partial charge on any atom is 0.255 e. The van der Waals surface area contributed by atoms with Gasteiger partial charge in [-0.25, -0.2) is 0 Å². The molecule has 0 fully saturated rings. The number of ether oxygens (including phenoxy) is 1. The van der Waals surface area contributed by atoms with E-state index in [0.29, 0.717) is 17.2 Å². The average Bonchev–Trinajstić information content (AvgIpc) is 2.37. The normalized spacial score (nSPS) is 12.9. The number of carbonyl (C=O) groups excluding carboxylic acids is 1. The lowest BCUT2D eigenvalue weighted by Crippen LogP contribution is -2.44. The van der Waals surface area contributed by atoms with Gasteiger partial charge >= 0.3 is 0 Å². The van der Waals surface area contributed by atoms with Crippen LogP contribution in [0.1, 0.15) is 37.6 Å². The lowest BCUT2D eigenvalue weighted by atomic mass is 9.85. The van der Waals surface area contributed by atoms with Gasteiger partial charge in [0, 0.05) is 18.1 Å². The van der Waals surface area contributed by atoms with Crippen molar-refractivity contribution in [2.75, 3.05) is 13.0 Å². The molecule has 1 unspecified atom stereocenters. The number of nitrogens with one attached hydrogen (secondary N) is 1. The summed E-state index contributed by atoms with van der Waals surface area (Å²) < 4.78 is 5.14. The fourth-order valence-electron chi connectivity index (χ4n) is 1.80. The van der Waals surface area contributed by atoms with E-state index < -0.39 is 0 Å². The van der Waals surface area contributed by atoms with Crippen molar-refractivity contribution in [2.24, 2.45) is 5.41 Å². The van der Waals surface area contributed by atoms with Gasteiger partial charge in [0.05, 0.1) is 18.9 Å². The number of hydrogen-bond donors (Lipinski definition) is 1. The van der Waals surface area contributed by atoms with Gasteiger partial charge in [-0.05, 0) is 17.9 Å². The molecule has 1 atom stereocenters. The Labute approximate surface area is 119 Å². The van der Waals surface area contributed by atoms with Crippen LogP contribution in [-0.4, -0.2) is 29.9 Å². The van der Waals surface area contributed by atoms with Crippen LogP contribution in [-0.2, 0) is 0 Å². The lowest BCUT2D eigenvalue weighted by Gasteiger charge is -2.31. The zero-order valence-corrected chi connectivity index (χ0v) is 12.6. The van der Waals surface area contributed by atoms with E-state index in [0.717, 1.165) is 6.42 Å². The number of alkyl halides is 1. The lowest BCUT2D eigenvalue weighted by molar-refractivity contribution is 0.0897. The quantitative estimate of drug-likeness (QED) is 0.846. The first-order chi connectivity index (χ1) is 8.90. The van der Waals surface area contributed by atoms with Crippen molar-refractivity contribution in [3.05, 3.63) is 24.0 Å². The maximum absolute atomic E-state index is 12.3. The zero-order valence-electron chi connectivity index (χ0n) is 11.9. The van der Waals surface area contributed by atoms with Gasteiger partial charge in [-0.2, -0.15) is 0 Å². The second-order valence-electron chi connectivity index (χ2n) is 5.45. The molecule has 0 saturated heterocycles. The molecule has 1 heterocycles. The van der Waals surface area contributed by atoms with Gasteiger partial charge < -0.3 is 10.1 Å².